The summed E-state index contributed by atoms with van der Waals surface area (Å²) in [5, 5.41) is 4.59. The van der Waals surface area contributed by atoms with Crippen molar-refractivity contribution in [3.63, 3.8) is 0 Å². The van der Waals surface area contributed by atoms with Gasteiger partial charge in [0.2, 0.25) is 0 Å². The fourth-order valence-corrected chi connectivity index (χ4v) is 2.98. The molecule has 0 N–H and O–H groups in total. The number of pyridine rings is 1. The molecule has 5 nitrogen and oxygen atoms in total. The van der Waals surface area contributed by atoms with Gasteiger partial charge in [-0.15, -0.1) is 4.91 Å². The second kappa shape index (κ2) is 6.55. The number of hydrogen-bond acceptors (Lipinski definition) is 4. The summed E-state index contributed by atoms with van der Waals surface area (Å²) in [4.78, 5) is 26.5. The van der Waals surface area contributed by atoms with Crippen molar-refractivity contribution >= 4 is 39.9 Å². The Bertz CT molecular complexity index is 973. The van der Waals surface area contributed by atoms with E-state index in [9.17, 15) is 9.70 Å². The number of carbonyl (C=O) groups is 1. The number of para-hydroxylation sites is 1. The van der Waals surface area contributed by atoms with Crippen molar-refractivity contribution in [2.45, 2.75) is 0 Å². The van der Waals surface area contributed by atoms with Crippen LogP contribution in [0.3, 0.4) is 0 Å². The van der Waals surface area contributed by atoms with Gasteiger partial charge in [0.25, 0.3) is 0 Å². The van der Waals surface area contributed by atoms with Crippen LogP contribution >= 0.6 is 23.2 Å². The molecule has 0 saturated heterocycles. The lowest BCUT2D eigenvalue weighted by Crippen LogP contribution is -1.96. The lowest BCUT2D eigenvalue weighted by atomic mass is 10.0. The summed E-state index contributed by atoms with van der Waals surface area (Å²) in [6.07, 6.45) is 1.51. The van der Waals surface area contributed by atoms with Gasteiger partial charge in [-0.05, 0) is 24.3 Å². The van der Waals surface area contributed by atoms with Crippen molar-refractivity contribution < 1.29 is 9.53 Å². The average molecular weight is 361 g/mol. The van der Waals surface area contributed by atoms with E-state index in [4.69, 9.17) is 27.9 Å². The number of rotatable bonds is 3. The van der Waals surface area contributed by atoms with Gasteiger partial charge in [-0.2, -0.15) is 0 Å². The number of hydrogen-bond donors (Lipinski definition) is 0. The number of halogens is 2. The second-order valence-electron chi connectivity index (χ2n) is 4.93. The summed E-state index contributed by atoms with van der Waals surface area (Å²) in [6.45, 7) is 0. The maximum Gasteiger partial charge on any atom is 0.316 e. The Labute approximate surface area is 147 Å². The zero-order chi connectivity index (χ0) is 17.3. The maximum atomic E-state index is 11.6. The molecule has 24 heavy (non-hydrogen) atoms. The van der Waals surface area contributed by atoms with E-state index in [1.807, 2.05) is 0 Å². The van der Waals surface area contributed by atoms with Crippen LogP contribution in [0.25, 0.3) is 22.0 Å². The zero-order valence-corrected chi connectivity index (χ0v) is 13.9. The molecule has 0 fully saturated rings. The van der Waals surface area contributed by atoms with Crippen LogP contribution in [0, 0.1) is 4.91 Å². The van der Waals surface area contributed by atoms with Gasteiger partial charge in [-0.3, -0.25) is 9.78 Å². The summed E-state index contributed by atoms with van der Waals surface area (Å²) in [6, 6.07) is 9.95. The van der Waals surface area contributed by atoms with Crippen LogP contribution in [-0.4, -0.2) is 18.0 Å². The van der Waals surface area contributed by atoms with E-state index in [1.54, 1.807) is 24.3 Å². The summed E-state index contributed by atoms with van der Waals surface area (Å²) in [5.41, 5.74) is 1.34. The SMILES string of the molecule is COc1c(Cl)cccc1-c1ncc(Cl)c2ccc(C(=O)N=O)cc12. The van der Waals surface area contributed by atoms with Gasteiger partial charge in [0, 0.05) is 33.3 Å². The predicted molar refractivity (Wildman–Crippen MR) is 93.9 cm³/mol. The fourth-order valence-electron chi connectivity index (χ4n) is 2.51. The molecule has 0 aliphatic carbocycles. The lowest BCUT2D eigenvalue weighted by molar-refractivity contribution is 0.100. The molecular weight excluding hydrogens is 351 g/mol. The smallest absolute Gasteiger partial charge is 0.316 e. The van der Waals surface area contributed by atoms with E-state index in [-0.39, 0.29) is 5.56 Å². The summed E-state index contributed by atoms with van der Waals surface area (Å²) < 4.78 is 5.37. The Hall–Kier alpha value is -2.50. The number of benzene rings is 2. The van der Waals surface area contributed by atoms with Gasteiger partial charge in [0.15, 0.2) is 0 Å². The molecule has 0 unspecified atom stereocenters. The number of nitroso groups, excluding NO2 is 1. The van der Waals surface area contributed by atoms with E-state index < -0.39 is 5.91 Å². The van der Waals surface area contributed by atoms with Crippen molar-refractivity contribution in [2.24, 2.45) is 5.18 Å². The highest BCUT2D eigenvalue weighted by Crippen LogP contribution is 2.39. The van der Waals surface area contributed by atoms with Crippen molar-refractivity contribution in [2.75, 3.05) is 7.11 Å². The molecular formula is C17H10Cl2N2O3. The molecule has 3 rings (SSSR count). The third-order valence-corrected chi connectivity index (χ3v) is 4.19. The molecule has 1 heterocycles. The van der Waals surface area contributed by atoms with E-state index in [1.165, 1.54) is 25.4 Å². The monoisotopic (exact) mass is 360 g/mol. The van der Waals surface area contributed by atoms with Crippen LogP contribution in [0.4, 0.5) is 0 Å². The van der Waals surface area contributed by atoms with Crippen molar-refractivity contribution in [1.29, 1.82) is 0 Å². The molecule has 1 amide bonds. The van der Waals surface area contributed by atoms with Gasteiger partial charge in [-0.1, -0.05) is 35.3 Å². The first-order valence-corrected chi connectivity index (χ1v) is 7.61. The zero-order valence-electron chi connectivity index (χ0n) is 12.4. The predicted octanol–water partition coefficient (Wildman–Crippen LogP) is 5.12. The molecule has 7 heteroatoms. The standard InChI is InChI=1S/C17H10Cl2N2O3/c1-24-16-11(3-2-4-13(16)18)15-12-7-9(17(22)21-23)5-6-10(12)14(19)8-20-15/h2-8H,1H3. The first kappa shape index (κ1) is 16.4. The van der Waals surface area contributed by atoms with Gasteiger partial charge in [-0.25, -0.2) is 0 Å². The molecule has 0 bridgehead atoms. The van der Waals surface area contributed by atoms with E-state index in [0.717, 1.165) is 0 Å². The molecule has 120 valence electrons. The van der Waals surface area contributed by atoms with Gasteiger partial charge < -0.3 is 4.74 Å². The van der Waals surface area contributed by atoms with Crippen molar-refractivity contribution in [3.05, 3.63) is 63.1 Å². The molecule has 0 spiro atoms. The van der Waals surface area contributed by atoms with Crippen LogP contribution in [0.1, 0.15) is 10.4 Å². The number of carbonyl (C=O) groups excluding carboxylic acids is 1. The van der Waals surface area contributed by atoms with Crippen LogP contribution in [0.2, 0.25) is 10.0 Å². The fraction of sp³-hybridized carbons (Fsp3) is 0.0588. The Morgan fingerprint density at radius 3 is 2.62 bits per heavy atom. The van der Waals surface area contributed by atoms with E-state index >= 15 is 0 Å². The number of methoxy groups -OCH3 is 1. The molecule has 0 saturated carbocycles. The summed E-state index contributed by atoms with van der Waals surface area (Å²) >= 11 is 12.4. The molecule has 0 aliphatic heterocycles. The lowest BCUT2D eigenvalue weighted by Gasteiger charge is -2.13. The number of amides is 1. The van der Waals surface area contributed by atoms with E-state index in [0.29, 0.717) is 37.8 Å². The molecule has 0 radical (unpaired) electrons. The highest BCUT2D eigenvalue weighted by molar-refractivity contribution is 6.36. The highest BCUT2D eigenvalue weighted by atomic mass is 35.5. The number of fused-ring (bicyclic) bond motifs is 1. The highest BCUT2D eigenvalue weighted by Gasteiger charge is 2.16. The van der Waals surface area contributed by atoms with Crippen molar-refractivity contribution in [1.82, 2.24) is 4.98 Å². The van der Waals surface area contributed by atoms with Gasteiger partial charge in [0.1, 0.15) is 5.75 Å². The molecule has 1 aromatic heterocycles. The Morgan fingerprint density at radius 2 is 1.92 bits per heavy atom. The minimum atomic E-state index is -0.860. The van der Waals surface area contributed by atoms with E-state index in [2.05, 4.69) is 10.2 Å². The van der Waals surface area contributed by atoms with Gasteiger partial charge >= 0.3 is 5.91 Å². The van der Waals surface area contributed by atoms with Crippen LogP contribution in [0.5, 0.6) is 5.75 Å². The van der Waals surface area contributed by atoms with Crippen LogP contribution in [-0.2, 0) is 0 Å². The quantitative estimate of drug-likeness (QED) is 0.607. The molecule has 0 atom stereocenters. The number of ether oxygens (including phenoxy) is 1. The summed E-state index contributed by atoms with van der Waals surface area (Å²) in [7, 11) is 1.51. The first-order valence-electron chi connectivity index (χ1n) is 6.85. The normalized spacial score (nSPS) is 10.6. The summed E-state index contributed by atoms with van der Waals surface area (Å²) in [5.74, 6) is -0.401. The number of aromatic nitrogens is 1. The molecule has 0 aliphatic rings. The van der Waals surface area contributed by atoms with Crippen molar-refractivity contribution in [3.8, 4) is 17.0 Å². The molecule has 2 aromatic carbocycles. The first-order chi connectivity index (χ1) is 11.6. The molecule has 3 aromatic rings. The maximum absolute atomic E-state index is 11.6. The third kappa shape index (κ3) is 2.72. The number of nitrogens with zero attached hydrogens (tertiary/aromatic N) is 2. The largest absolute Gasteiger partial charge is 0.494 e. The van der Waals surface area contributed by atoms with Gasteiger partial charge in [0.05, 0.1) is 22.8 Å². The Kier molecular flexibility index (Phi) is 4.46. The average Bonchev–Trinajstić information content (AvgIpc) is 2.61. The topological polar surface area (TPSA) is 68.6 Å². The Morgan fingerprint density at radius 1 is 1.12 bits per heavy atom. The second-order valence-corrected chi connectivity index (χ2v) is 5.75. The van der Waals surface area contributed by atoms with Crippen LogP contribution in [0.15, 0.2) is 47.8 Å². The third-order valence-electron chi connectivity index (χ3n) is 3.60. The van der Waals surface area contributed by atoms with Crippen LogP contribution < -0.4 is 4.74 Å². The Balaban J connectivity index is 2.36. The minimum absolute atomic E-state index is 0.156. The minimum Gasteiger partial charge on any atom is -0.494 e.